The summed E-state index contributed by atoms with van der Waals surface area (Å²) in [5.74, 6) is -0.491. The molecule has 0 aliphatic carbocycles. The molecule has 0 fully saturated rings. The monoisotopic (exact) mass is 426 g/mol. The third-order valence-corrected chi connectivity index (χ3v) is 5.63. The number of rotatable bonds is 6. The molecule has 8 nitrogen and oxygen atoms in total. The van der Waals surface area contributed by atoms with Crippen molar-refractivity contribution in [3.63, 3.8) is 0 Å². The average Bonchev–Trinajstić information content (AvgIpc) is 3.31. The van der Waals surface area contributed by atoms with Crippen molar-refractivity contribution in [2.75, 3.05) is 5.32 Å². The van der Waals surface area contributed by atoms with E-state index in [0.29, 0.717) is 28.1 Å². The number of hydrogen-bond donors (Lipinski definition) is 1. The van der Waals surface area contributed by atoms with Gasteiger partial charge >= 0.3 is 0 Å². The highest BCUT2D eigenvalue weighted by Gasteiger charge is 2.11. The van der Waals surface area contributed by atoms with Crippen molar-refractivity contribution in [3.8, 4) is 0 Å². The molecule has 10 heteroatoms. The minimum Gasteiger partial charge on any atom is -0.302 e. The van der Waals surface area contributed by atoms with Gasteiger partial charge in [-0.05, 0) is 24.1 Å². The van der Waals surface area contributed by atoms with Crippen LogP contribution in [0.5, 0.6) is 0 Å². The Bertz CT molecular complexity index is 1290. The second kappa shape index (κ2) is 8.15. The first kappa shape index (κ1) is 19.9. The van der Waals surface area contributed by atoms with Crippen LogP contribution in [-0.4, -0.2) is 30.2 Å². The molecule has 0 aliphatic heterocycles. The minimum atomic E-state index is -0.254. The lowest BCUT2D eigenvalue weighted by Crippen LogP contribution is -2.23. The Balaban J connectivity index is 1.36. The van der Waals surface area contributed by atoms with Gasteiger partial charge in [0.2, 0.25) is 5.91 Å². The number of thiazole rings is 1. The van der Waals surface area contributed by atoms with Gasteiger partial charge in [0.05, 0.1) is 12.5 Å². The van der Waals surface area contributed by atoms with Crippen molar-refractivity contribution in [1.82, 2.24) is 24.3 Å². The minimum absolute atomic E-state index is 0.103. The van der Waals surface area contributed by atoms with Gasteiger partial charge in [-0.3, -0.25) is 18.8 Å². The molecule has 1 N–H and O–H groups in total. The van der Waals surface area contributed by atoms with Crippen LogP contribution in [0.1, 0.15) is 22.4 Å². The van der Waals surface area contributed by atoms with E-state index in [4.69, 9.17) is 0 Å². The first-order valence-corrected chi connectivity index (χ1v) is 10.1. The lowest BCUT2D eigenvalue weighted by molar-refractivity contribution is -0.116. The quantitative estimate of drug-likeness (QED) is 0.512. The van der Waals surface area contributed by atoms with E-state index in [0.717, 1.165) is 10.4 Å². The van der Waals surface area contributed by atoms with Crippen LogP contribution in [0, 0.1) is 12.7 Å². The van der Waals surface area contributed by atoms with Gasteiger partial charge in [-0.15, -0.1) is 11.3 Å². The van der Waals surface area contributed by atoms with Gasteiger partial charge in [0.15, 0.2) is 10.8 Å². The third-order valence-electron chi connectivity index (χ3n) is 4.71. The first-order valence-electron chi connectivity index (χ1n) is 9.27. The van der Waals surface area contributed by atoms with Gasteiger partial charge in [0.1, 0.15) is 11.2 Å². The molecule has 0 unspecified atom stereocenters. The van der Waals surface area contributed by atoms with Gasteiger partial charge in [-0.25, -0.2) is 14.4 Å². The Morgan fingerprint density at radius 1 is 1.27 bits per heavy atom. The van der Waals surface area contributed by atoms with Crippen molar-refractivity contribution in [2.45, 2.75) is 26.3 Å². The second-order valence-corrected chi connectivity index (χ2v) is 8.05. The molecule has 30 heavy (non-hydrogen) atoms. The largest absolute Gasteiger partial charge is 0.302 e. The summed E-state index contributed by atoms with van der Waals surface area (Å²) in [6, 6.07) is 5.13. The van der Waals surface area contributed by atoms with E-state index in [1.54, 1.807) is 26.2 Å². The number of nitrogens with one attached hydrogen (secondary N) is 1. The molecule has 0 aliphatic rings. The third kappa shape index (κ3) is 4.13. The van der Waals surface area contributed by atoms with E-state index >= 15 is 0 Å². The van der Waals surface area contributed by atoms with Crippen molar-refractivity contribution < 1.29 is 9.18 Å². The fraction of sp³-hybridized carbons (Fsp3) is 0.250. The molecule has 3 heterocycles. The molecular weight excluding hydrogens is 407 g/mol. The topological polar surface area (TPSA) is 94.7 Å². The number of hydrogen-bond acceptors (Lipinski definition) is 6. The van der Waals surface area contributed by atoms with Crippen LogP contribution in [0.4, 0.5) is 9.52 Å². The van der Waals surface area contributed by atoms with E-state index in [2.05, 4.69) is 20.4 Å². The number of nitrogens with zero attached hydrogens (tertiary/aromatic N) is 5. The number of carbonyl (C=O) groups excluding carboxylic acids is 1. The number of aromatic nitrogens is 5. The molecule has 0 saturated carbocycles. The number of carbonyl (C=O) groups is 1. The molecule has 4 rings (SSSR count). The summed E-state index contributed by atoms with van der Waals surface area (Å²) in [6.45, 7) is 1.92. The van der Waals surface area contributed by atoms with Crippen molar-refractivity contribution >= 4 is 33.4 Å². The number of amides is 1. The summed E-state index contributed by atoms with van der Waals surface area (Å²) in [5, 5.41) is 7.65. The van der Waals surface area contributed by atoms with Crippen LogP contribution >= 0.6 is 11.3 Å². The highest BCUT2D eigenvalue weighted by atomic mass is 32.1. The summed E-state index contributed by atoms with van der Waals surface area (Å²) in [6.07, 6.45) is 5.20. The molecule has 0 spiro atoms. The molecule has 0 atom stereocenters. The van der Waals surface area contributed by atoms with E-state index in [1.165, 1.54) is 39.2 Å². The summed E-state index contributed by atoms with van der Waals surface area (Å²) >= 11 is 1.34. The van der Waals surface area contributed by atoms with E-state index in [-0.39, 0.29) is 30.2 Å². The zero-order valence-electron chi connectivity index (χ0n) is 16.4. The van der Waals surface area contributed by atoms with Crippen LogP contribution in [0.15, 0.2) is 41.7 Å². The summed E-state index contributed by atoms with van der Waals surface area (Å²) in [4.78, 5) is 34.0. The Kier molecular flexibility index (Phi) is 5.40. The number of fused-ring (bicyclic) bond motifs is 1. The SMILES string of the molecule is Cc1ccc(Cc2cnc(NC(=O)CCn3cnc4c(cnn4C)c3=O)s2)cc1F. The first-order chi connectivity index (χ1) is 14.4. The predicted molar refractivity (Wildman–Crippen MR) is 112 cm³/mol. The Morgan fingerprint density at radius 2 is 2.10 bits per heavy atom. The molecule has 3 aromatic heterocycles. The highest BCUT2D eigenvalue weighted by Crippen LogP contribution is 2.22. The smallest absolute Gasteiger partial charge is 0.264 e. The molecular formula is C20H19FN6O2S. The van der Waals surface area contributed by atoms with Crippen LogP contribution in [-0.2, 0) is 24.8 Å². The summed E-state index contributed by atoms with van der Waals surface area (Å²) < 4.78 is 16.6. The normalized spacial score (nSPS) is 11.2. The average molecular weight is 426 g/mol. The zero-order valence-corrected chi connectivity index (χ0v) is 17.2. The van der Waals surface area contributed by atoms with Crippen molar-refractivity contribution in [3.05, 3.63) is 69.1 Å². The maximum Gasteiger partial charge on any atom is 0.264 e. The van der Waals surface area contributed by atoms with Crippen molar-refractivity contribution in [2.24, 2.45) is 7.05 Å². The molecule has 0 bridgehead atoms. The molecule has 154 valence electrons. The van der Waals surface area contributed by atoms with Gasteiger partial charge in [0, 0.05) is 37.5 Å². The Hall–Kier alpha value is -3.40. The number of benzene rings is 1. The second-order valence-electron chi connectivity index (χ2n) is 6.94. The maximum atomic E-state index is 13.7. The number of aryl methyl sites for hydroxylation is 3. The summed E-state index contributed by atoms with van der Waals surface area (Å²) in [5.41, 5.74) is 1.72. The lowest BCUT2D eigenvalue weighted by Gasteiger charge is -2.05. The zero-order chi connectivity index (χ0) is 21.3. The van der Waals surface area contributed by atoms with E-state index in [1.807, 2.05) is 6.07 Å². The van der Waals surface area contributed by atoms with Gasteiger partial charge in [-0.1, -0.05) is 12.1 Å². The van der Waals surface area contributed by atoms with Gasteiger partial charge in [0.25, 0.3) is 5.56 Å². The number of anilines is 1. The van der Waals surface area contributed by atoms with Gasteiger partial charge in [-0.2, -0.15) is 5.10 Å². The fourth-order valence-electron chi connectivity index (χ4n) is 3.02. The molecule has 1 amide bonds. The van der Waals surface area contributed by atoms with Crippen molar-refractivity contribution in [1.29, 1.82) is 0 Å². The van der Waals surface area contributed by atoms with E-state index in [9.17, 15) is 14.0 Å². The fourth-order valence-corrected chi connectivity index (χ4v) is 3.89. The van der Waals surface area contributed by atoms with Crippen LogP contribution < -0.4 is 10.9 Å². The van der Waals surface area contributed by atoms with E-state index < -0.39 is 0 Å². The summed E-state index contributed by atoms with van der Waals surface area (Å²) in [7, 11) is 1.71. The lowest BCUT2D eigenvalue weighted by atomic mass is 10.1. The van der Waals surface area contributed by atoms with Crippen LogP contribution in [0.2, 0.25) is 0 Å². The predicted octanol–water partition coefficient (Wildman–Crippen LogP) is 2.65. The molecule has 4 aromatic rings. The van der Waals surface area contributed by atoms with Crippen LogP contribution in [0.25, 0.3) is 11.0 Å². The molecule has 0 saturated heterocycles. The molecule has 0 radical (unpaired) electrons. The highest BCUT2D eigenvalue weighted by molar-refractivity contribution is 7.15. The maximum absolute atomic E-state index is 13.7. The molecule has 1 aromatic carbocycles. The van der Waals surface area contributed by atoms with Gasteiger partial charge < -0.3 is 5.32 Å². The van der Waals surface area contributed by atoms with Crippen LogP contribution in [0.3, 0.4) is 0 Å². The standard InChI is InChI=1S/C20H19FN6O2S/c1-12-3-4-13(8-16(12)21)7-14-9-22-20(30-14)25-17(28)5-6-27-11-23-18-15(19(27)29)10-24-26(18)2/h3-4,8-11H,5-7H2,1-2H3,(H,22,25,28). The Morgan fingerprint density at radius 3 is 2.90 bits per heavy atom. The number of halogens is 1. The Labute approximate surface area is 175 Å².